The molecule has 0 aliphatic carbocycles. The first kappa shape index (κ1) is 17.8. The van der Waals surface area contributed by atoms with Gasteiger partial charge in [0.05, 0.1) is 12.0 Å². The number of rotatable bonds is 3. The largest absolute Gasteiger partial charge is 0.474 e. The maximum Gasteiger partial charge on any atom is 0.360 e. The van der Waals surface area contributed by atoms with Crippen LogP contribution in [-0.4, -0.2) is 52.6 Å². The fraction of sp³-hybridized carbons (Fsp3) is 0.273. The van der Waals surface area contributed by atoms with Crippen molar-refractivity contribution in [3.05, 3.63) is 32.3 Å². The molecule has 2 N–H and O–H groups in total. The Bertz CT molecular complexity index is 940. The van der Waals surface area contributed by atoms with Crippen molar-refractivity contribution in [2.45, 2.75) is 0 Å². The number of nitrogens with one attached hydrogen (secondary N) is 1. The zero-order chi connectivity index (χ0) is 18.3. The van der Waals surface area contributed by atoms with Gasteiger partial charge in [0.2, 0.25) is 0 Å². The van der Waals surface area contributed by atoms with E-state index in [4.69, 9.17) is 9.84 Å². The summed E-state index contributed by atoms with van der Waals surface area (Å²) in [6.45, 7) is 0. The van der Waals surface area contributed by atoms with Crippen molar-refractivity contribution in [2.75, 3.05) is 13.4 Å². The highest BCUT2D eigenvalue weighted by Gasteiger charge is 2.32. The van der Waals surface area contributed by atoms with Crippen LogP contribution in [0, 0.1) is 0 Å². The van der Waals surface area contributed by atoms with Crippen LogP contribution in [0.25, 0.3) is 0 Å². The molecule has 2 heterocycles. The molecule has 1 unspecified atom stereocenters. The van der Waals surface area contributed by atoms with Gasteiger partial charge in [0.25, 0.3) is 10.0 Å². The standard InChI is InChI=1S/C11H14N4O7S2/c1-14-9(22-2)12-15(10(14)17)8(16)13-24(20,21)7-4-5-23(3,6-7)11(18)19/h4-6H,1-3H3,(H,13,16)(H,18,19). The van der Waals surface area contributed by atoms with Crippen molar-refractivity contribution in [1.82, 2.24) is 19.1 Å². The third-order valence-electron chi connectivity index (χ3n) is 3.10. The van der Waals surface area contributed by atoms with E-state index in [0.29, 0.717) is 4.68 Å². The van der Waals surface area contributed by atoms with Crippen molar-refractivity contribution in [3.8, 4) is 6.01 Å². The van der Waals surface area contributed by atoms with Crippen LogP contribution in [0.5, 0.6) is 6.01 Å². The molecule has 0 bridgehead atoms. The van der Waals surface area contributed by atoms with Crippen LogP contribution in [0.15, 0.2) is 26.6 Å². The predicted octanol–water partition coefficient (Wildman–Crippen LogP) is -0.0410. The molecule has 1 aromatic rings. The summed E-state index contributed by atoms with van der Waals surface area (Å²) >= 11 is 0. The molecule has 13 heteroatoms. The third-order valence-corrected chi connectivity index (χ3v) is 6.76. The van der Waals surface area contributed by atoms with Crippen molar-refractivity contribution < 1.29 is 27.9 Å². The van der Waals surface area contributed by atoms with Gasteiger partial charge in [-0.2, -0.15) is 0 Å². The van der Waals surface area contributed by atoms with E-state index >= 15 is 0 Å². The fourth-order valence-corrected chi connectivity index (χ4v) is 4.90. The minimum atomic E-state index is -4.36. The molecule has 132 valence electrons. The monoisotopic (exact) mass is 378 g/mol. The molecule has 11 nitrogen and oxygen atoms in total. The number of sulfonamides is 1. The molecule has 1 atom stereocenters. The van der Waals surface area contributed by atoms with Gasteiger partial charge in [-0.1, -0.05) is 0 Å². The Balaban J connectivity index is 2.31. The Hall–Kier alpha value is -2.54. The maximum absolute atomic E-state index is 12.2. The number of carbonyl (C=O) groups excluding carboxylic acids is 1. The second-order valence-electron chi connectivity index (χ2n) is 4.79. The van der Waals surface area contributed by atoms with Gasteiger partial charge in [-0.15, -0.1) is 19.8 Å². The highest BCUT2D eigenvalue weighted by molar-refractivity contribution is 8.49. The fourth-order valence-electron chi connectivity index (χ4n) is 1.74. The number of carboxylic acid groups (broad SMARTS) is 1. The smallest absolute Gasteiger partial charge is 0.360 e. The van der Waals surface area contributed by atoms with E-state index in [2.05, 4.69) is 5.10 Å². The number of hydrogen-bond acceptors (Lipinski definition) is 7. The lowest BCUT2D eigenvalue weighted by atomic mass is 10.6. The summed E-state index contributed by atoms with van der Waals surface area (Å²) in [6.07, 6.45) is 2.48. The Morgan fingerprint density at radius 1 is 1.42 bits per heavy atom. The minimum Gasteiger partial charge on any atom is -0.474 e. The second kappa shape index (κ2) is 5.83. The SMILES string of the molecule is COc1nn(C(=O)NS(=O)(=O)C2=CS(C)(C(=O)O)C=C2)c(=O)n1C. The van der Waals surface area contributed by atoms with Crippen molar-refractivity contribution in [2.24, 2.45) is 7.05 Å². The zero-order valence-corrected chi connectivity index (χ0v) is 14.4. The third kappa shape index (κ3) is 2.94. The number of hydrogen-bond donors (Lipinski definition) is 2. The zero-order valence-electron chi connectivity index (χ0n) is 12.8. The van der Waals surface area contributed by atoms with Gasteiger partial charge in [-0.05, 0) is 23.1 Å². The summed E-state index contributed by atoms with van der Waals surface area (Å²) in [5.41, 5.74) is -0.906. The first-order valence-electron chi connectivity index (χ1n) is 6.20. The van der Waals surface area contributed by atoms with Crippen LogP contribution in [0.2, 0.25) is 0 Å². The summed E-state index contributed by atoms with van der Waals surface area (Å²) in [5, 5.41) is 13.8. The molecule has 0 saturated heterocycles. The van der Waals surface area contributed by atoms with Gasteiger partial charge in [0.15, 0.2) is 0 Å². The quantitative estimate of drug-likeness (QED) is 0.744. The molecule has 1 aromatic heterocycles. The number of amides is 1. The average Bonchev–Trinajstić information content (AvgIpc) is 3.03. The molecule has 1 amide bonds. The molecule has 0 aromatic carbocycles. The van der Waals surface area contributed by atoms with E-state index in [1.165, 1.54) is 25.8 Å². The van der Waals surface area contributed by atoms with Crippen LogP contribution < -0.4 is 15.1 Å². The minimum absolute atomic E-state index is 0.185. The van der Waals surface area contributed by atoms with Crippen LogP contribution >= 0.6 is 10.0 Å². The van der Waals surface area contributed by atoms with E-state index in [9.17, 15) is 22.8 Å². The Kier molecular flexibility index (Phi) is 4.32. The predicted molar refractivity (Wildman–Crippen MR) is 85.6 cm³/mol. The Morgan fingerprint density at radius 3 is 2.50 bits per heavy atom. The van der Waals surface area contributed by atoms with E-state index in [-0.39, 0.29) is 10.9 Å². The summed E-state index contributed by atoms with van der Waals surface area (Å²) in [6, 6.07) is -1.50. The molecule has 0 radical (unpaired) electrons. The molecule has 0 saturated carbocycles. The highest BCUT2D eigenvalue weighted by atomic mass is 32.3. The van der Waals surface area contributed by atoms with Crippen LogP contribution in [-0.2, 0) is 17.1 Å². The molecule has 0 spiro atoms. The van der Waals surface area contributed by atoms with E-state index in [1.54, 1.807) is 4.72 Å². The lowest BCUT2D eigenvalue weighted by molar-refractivity contribution is 0.221. The van der Waals surface area contributed by atoms with Gasteiger partial charge in [-0.3, -0.25) is 0 Å². The first-order valence-corrected chi connectivity index (χ1v) is 9.85. The number of aromatic nitrogens is 3. The molecular formula is C11H14N4O7S2. The maximum atomic E-state index is 12.2. The van der Waals surface area contributed by atoms with Crippen molar-refractivity contribution in [1.29, 1.82) is 0 Å². The molecular weight excluding hydrogens is 364 g/mol. The summed E-state index contributed by atoms with van der Waals surface area (Å²) in [7, 11) is -4.27. The van der Waals surface area contributed by atoms with Crippen LogP contribution in [0.1, 0.15) is 0 Å². The number of methoxy groups -OCH3 is 1. The Morgan fingerprint density at radius 2 is 2.04 bits per heavy atom. The Labute approximate surface area is 137 Å². The van der Waals surface area contributed by atoms with E-state index in [1.807, 2.05) is 0 Å². The lowest BCUT2D eigenvalue weighted by Crippen LogP contribution is -2.40. The normalized spacial score (nSPS) is 22.5. The number of allylic oxidation sites excluding steroid dienone is 1. The number of ether oxygens (including phenoxy) is 1. The average molecular weight is 378 g/mol. The number of carbonyl (C=O) groups is 2. The van der Waals surface area contributed by atoms with Crippen molar-refractivity contribution >= 4 is 31.4 Å². The van der Waals surface area contributed by atoms with E-state index < -0.39 is 37.1 Å². The van der Waals surface area contributed by atoms with Gasteiger partial charge >= 0.3 is 23.0 Å². The molecule has 24 heavy (non-hydrogen) atoms. The lowest BCUT2D eigenvalue weighted by Gasteiger charge is -2.18. The van der Waals surface area contributed by atoms with Gasteiger partial charge in [-0.25, -0.2) is 32.1 Å². The van der Waals surface area contributed by atoms with Gasteiger partial charge in [0.1, 0.15) is 0 Å². The summed E-state index contributed by atoms with van der Waals surface area (Å²) < 4.78 is 32.0. The molecule has 1 aliphatic rings. The molecule has 1 aliphatic heterocycles. The summed E-state index contributed by atoms with van der Waals surface area (Å²) in [5.74, 6) is 0. The topological polar surface area (TPSA) is 150 Å². The van der Waals surface area contributed by atoms with Crippen LogP contribution in [0.4, 0.5) is 9.59 Å². The first-order chi connectivity index (χ1) is 11.0. The van der Waals surface area contributed by atoms with Gasteiger partial charge in [0, 0.05) is 7.05 Å². The van der Waals surface area contributed by atoms with Crippen LogP contribution in [0.3, 0.4) is 0 Å². The molecule has 2 rings (SSSR count). The van der Waals surface area contributed by atoms with Gasteiger partial charge < -0.3 is 9.84 Å². The van der Waals surface area contributed by atoms with Crippen molar-refractivity contribution in [3.63, 3.8) is 0 Å². The summed E-state index contributed by atoms with van der Waals surface area (Å²) in [4.78, 5) is 34.6. The highest BCUT2D eigenvalue weighted by Crippen LogP contribution is 2.53. The van der Waals surface area contributed by atoms with E-state index in [0.717, 1.165) is 16.1 Å². The second-order valence-corrected chi connectivity index (χ2v) is 9.42. The number of nitrogens with zero attached hydrogens (tertiary/aromatic N) is 3. The molecule has 0 fully saturated rings.